The molecule has 5 heteroatoms. The van der Waals surface area contributed by atoms with E-state index in [0.717, 1.165) is 6.26 Å². The molecule has 0 amide bonds. The van der Waals surface area contributed by atoms with Crippen LogP contribution in [0, 0.1) is 0 Å². The minimum absolute atomic E-state index is 0. The number of rotatable bonds is 6. The maximum atomic E-state index is 10.6. The fourth-order valence-electron chi connectivity index (χ4n) is 0.697. The van der Waals surface area contributed by atoms with E-state index in [9.17, 15) is 9.59 Å². The lowest BCUT2D eigenvalue weighted by Gasteiger charge is -1.97. The molecule has 0 bridgehead atoms. The number of carboxylic acid groups (broad SMARTS) is 1. The minimum Gasteiger partial charge on any atom is -0.481 e. The molecule has 0 atom stereocenters. The van der Waals surface area contributed by atoms with E-state index in [1.54, 1.807) is 0 Å². The van der Waals surface area contributed by atoms with Gasteiger partial charge in [-0.15, -0.1) is 12.4 Å². The average Bonchev–Trinajstić information content (AvgIpc) is 1.98. The van der Waals surface area contributed by atoms with Crippen LogP contribution in [0.5, 0.6) is 0 Å². The second-order valence-corrected chi connectivity index (χ2v) is 2.26. The van der Waals surface area contributed by atoms with Crippen molar-refractivity contribution < 1.29 is 19.4 Å². The first-order valence-electron chi connectivity index (χ1n) is 3.69. The number of unbranched alkanes of at least 4 members (excludes halogenated alkanes) is 1. The van der Waals surface area contributed by atoms with Crippen molar-refractivity contribution in [2.24, 2.45) is 0 Å². The molecule has 0 aliphatic heterocycles. The number of carbonyl (C=O) groups excluding carboxylic acids is 1. The Kier molecular flexibility index (Phi) is 10.1. The summed E-state index contributed by atoms with van der Waals surface area (Å²) in [6.07, 6.45) is 2.46. The highest BCUT2D eigenvalue weighted by Gasteiger charge is 2.01. The second kappa shape index (κ2) is 9.06. The molecule has 0 rings (SSSR count). The first kappa shape index (κ1) is 14.5. The monoisotopic (exact) mass is 208 g/mol. The molecule has 0 unspecified atom stereocenters. The normalized spacial score (nSPS) is 8.31. The van der Waals surface area contributed by atoms with Gasteiger partial charge >= 0.3 is 11.9 Å². The molecule has 1 N–H and O–H groups in total. The Morgan fingerprint density at radius 1 is 1.31 bits per heavy atom. The summed E-state index contributed by atoms with van der Waals surface area (Å²) in [6.45, 7) is 3.22. The maximum absolute atomic E-state index is 10.6. The molecule has 0 aliphatic carbocycles. The zero-order valence-electron chi connectivity index (χ0n) is 7.19. The van der Waals surface area contributed by atoms with E-state index in [2.05, 4.69) is 11.3 Å². The van der Waals surface area contributed by atoms with Crippen LogP contribution in [0.4, 0.5) is 0 Å². The van der Waals surface area contributed by atoms with Gasteiger partial charge in [-0.2, -0.15) is 0 Å². The lowest BCUT2D eigenvalue weighted by Crippen LogP contribution is -2.00. The smallest absolute Gasteiger partial charge is 0.310 e. The molecule has 4 nitrogen and oxygen atoms in total. The van der Waals surface area contributed by atoms with Gasteiger partial charge in [-0.3, -0.25) is 9.59 Å². The average molecular weight is 209 g/mol. The quantitative estimate of drug-likeness (QED) is 0.410. The van der Waals surface area contributed by atoms with Crippen LogP contribution in [0.1, 0.15) is 25.7 Å². The summed E-state index contributed by atoms with van der Waals surface area (Å²) < 4.78 is 4.43. The lowest BCUT2D eigenvalue weighted by molar-refractivity contribution is -0.139. The number of aliphatic carboxylic acids is 1. The van der Waals surface area contributed by atoms with Gasteiger partial charge in [-0.25, -0.2) is 0 Å². The van der Waals surface area contributed by atoms with Crippen LogP contribution >= 0.6 is 12.4 Å². The third kappa shape index (κ3) is 11.0. The van der Waals surface area contributed by atoms with Crippen molar-refractivity contribution in [1.29, 1.82) is 0 Å². The molecule has 0 heterocycles. The van der Waals surface area contributed by atoms with E-state index in [1.165, 1.54) is 0 Å². The Morgan fingerprint density at radius 2 is 1.85 bits per heavy atom. The molecule has 0 aliphatic rings. The SMILES string of the molecule is C=COC(=O)CCCCC(=O)O.Cl. The summed E-state index contributed by atoms with van der Waals surface area (Å²) >= 11 is 0. The van der Waals surface area contributed by atoms with Gasteiger partial charge < -0.3 is 9.84 Å². The van der Waals surface area contributed by atoms with E-state index in [4.69, 9.17) is 5.11 Å². The predicted octanol–water partition coefficient (Wildman–Crippen LogP) is 1.74. The van der Waals surface area contributed by atoms with Crippen molar-refractivity contribution in [3.05, 3.63) is 12.8 Å². The van der Waals surface area contributed by atoms with Crippen LogP contribution in [-0.2, 0) is 14.3 Å². The van der Waals surface area contributed by atoms with Crippen LogP contribution in [0.2, 0.25) is 0 Å². The number of hydrogen-bond donors (Lipinski definition) is 1. The van der Waals surface area contributed by atoms with Crippen LogP contribution < -0.4 is 0 Å². The Bertz CT molecular complexity index is 179. The Balaban J connectivity index is 0. The first-order chi connectivity index (χ1) is 5.66. The molecular formula is C8H13ClO4. The van der Waals surface area contributed by atoms with Crippen molar-refractivity contribution in [2.75, 3.05) is 0 Å². The van der Waals surface area contributed by atoms with Crippen LogP contribution in [0.3, 0.4) is 0 Å². The standard InChI is InChI=1S/C8H12O4.ClH/c1-2-12-8(11)6-4-3-5-7(9)10;/h2H,1,3-6H2,(H,9,10);1H. The summed E-state index contributed by atoms with van der Waals surface area (Å²) in [5, 5.41) is 8.25. The predicted molar refractivity (Wildman–Crippen MR) is 49.6 cm³/mol. The Labute approximate surface area is 83.0 Å². The Hall–Kier alpha value is -1.03. The van der Waals surface area contributed by atoms with Gasteiger partial charge in [0.25, 0.3) is 0 Å². The summed E-state index contributed by atoms with van der Waals surface area (Å²) in [6, 6.07) is 0. The molecule has 0 aromatic heterocycles. The molecule has 0 fully saturated rings. The molecule has 0 saturated heterocycles. The highest BCUT2D eigenvalue weighted by Crippen LogP contribution is 2.01. The summed E-state index contributed by atoms with van der Waals surface area (Å²) in [5.41, 5.74) is 0. The largest absolute Gasteiger partial charge is 0.481 e. The number of hydrogen-bond acceptors (Lipinski definition) is 3. The van der Waals surface area contributed by atoms with Crippen molar-refractivity contribution >= 4 is 24.3 Å². The van der Waals surface area contributed by atoms with Crippen molar-refractivity contribution in [3.63, 3.8) is 0 Å². The summed E-state index contributed by atoms with van der Waals surface area (Å²) in [4.78, 5) is 20.7. The zero-order chi connectivity index (χ0) is 9.40. The summed E-state index contributed by atoms with van der Waals surface area (Å²) in [7, 11) is 0. The van der Waals surface area contributed by atoms with Gasteiger partial charge in [0.15, 0.2) is 0 Å². The third-order valence-corrected chi connectivity index (χ3v) is 1.24. The van der Waals surface area contributed by atoms with Gasteiger partial charge in [0, 0.05) is 12.8 Å². The number of halogens is 1. The van der Waals surface area contributed by atoms with Gasteiger partial charge in [0.2, 0.25) is 0 Å². The molecule has 13 heavy (non-hydrogen) atoms. The molecule has 0 aromatic rings. The molecule has 0 aromatic carbocycles. The van der Waals surface area contributed by atoms with E-state index < -0.39 is 5.97 Å². The fraction of sp³-hybridized carbons (Fsp3) is 0.500. The van der Waals surface area contributed by atoms with E-state index in [-0.39, 0.29) is 31.2 Å². The van der Waals surface area contributed by atoms with Crippen LogP contribution in [-0.4, -0.2) is 17.0 Å². The summed E-state index contributed by atoms with van der Waals surface area (Å²) in [5.74, 6) is -1.21. The molecule has 0 radical (unpaired) electrons. The van der Waals surface area contributed by atoms with E-state index in [1.807, 2.05) is 0 Å². The number of ether oxygens (including phenoxy) is 1. The van der Waals surface area contributed by atoms with Gasteiger partial charge in [-0.1, -0.05) is 6.58 Å². The van der Waals surface area contributed by atoms with Crippen molar-refractivity contribution in [1.82, 2.24) is 0 Å². The van der Waals surface area contributed by atoms with E-state index in [0.29, 0.717) is 12.8 Å². The zero-order valence-corrected chi connectivity index (χ0v) is 8.01. The van der Waals surface area contributed by atoms with Gasteiger partial charge in [0.1, 0.15) is 0 Å². The maximum Gasteiger partial charge on any atom is 0.310 e. The molecule has 0 spiro atoms. The molecule has 76 valence electrons. The third-order valence-electron chi connectivity index (χ3n) is 1.24. The van der Waals surface area contributed by atoms with E-state index >= 15 is 0 Å². The van der Waals surface area contributed by atoms with Crippen molar-refractivity contribution in [3.8, 4) is 0 Å². The van der Waals surface area contributed by atoms with Gasteiger partial charge in [0.05, 0.1) is 6.26 Å². The number of carboxylic acids is 1. The second-order valence-electron chi connectivity index (χ2n) is 2.26. The van der Waals surface area contributed by atoms with Crippen LogP contribution in [0.15, 0.2) is 12.8 Å². The highest BCUT2D eigenvalue weighted by molar-refractivity contribution is 5.85. The van der Waals surface area contributed by atoms with Gasteiger partial charge in [-0.05, 0) is 12.8 Å². The number of esters is 1. The lowest BCUT2D eigenvalue weighted by atomic mass is 10.2. The highest BCUT2D eigenvalue weighted by atomic mass is 35.5. The Morgan fingerprint density at radius 3 is 2.31 bits per heavy atom. The molecule has 0 saturated carbocycles. The molecular weight excluding hydrogens is 196 g/mol. The van der Waals surface area contributed by atoms with Crippen molar-refractivity contribution in [2.45, 2.75) is 25.7 Å². The number of carbonyl (C=O) groups is 2. The fourth-order valence-corrected chi connectivity index (χ4v) is 0.697. The first-order valence-corrected chi connectivity index (χ1v) is 3.69. The topological polar surface area (TPSA) is 63.6 Å². The minimum atomic E-state index is -0.841. The van der Waals surface area contributed by atoms with Crippen LogP contribution in [0.25, 0.3) is 0 Å².